The topological polar surface area (TPSA) is 4.93 Å². The quantitative estimate of drug-likeness (QED) is 0.590. The maximum atomic E-state index is 2.49. The molecule has 1 heterocycles. The third-order valence-electron chi connectivity index (χ3n) is 5.51. The third kappa shape index (κ3) is 1.94. The molecule has 0 N–H and O–H groups in total. The fraction of sp³-hybridized carbons (Fsp3) is 0.217. The number of hydrogen-bond donors (Lipinski definition) is 0. The minimum atomic E-state index is 0.532. The van der Waals surface area contributed by atoms with Crippen molar-refractivity contribution in [1.82, 2.24) is 4.57 Å². The van der Waals surface area contributed by atoms with Crippen LogP contribution in [0.25, 0.3) is 28.2 Å². The van der Waals surface area contributed by atoms with Gasteiger partial charge in [0.2, 0.25) is 0 Å². The SMILES string of the molecule is CC1=CC=C(n2c3c(c4ccccc42)C2=CC=CCC2C=C3)CC1. The molecule has 0 amide bonds. The molecule has 1 atom stereocenters. The van der Waals surface area contributed by atoms with Crippen LogP contribution < -0.4 is 0 Å². The number of para-hydroxylation sites is 1. The molecule has 1 aromatic heterocycles. The number of benzene rings is 1. The van der Waals surface area contributed by atoms with Crippen LogP contribution in [0, 0.1) is 5.92 Å². The number of allylic oxidation sites excluding steroid dienone is 9. The van der Waals surface area contributed by atoms with Gasteiger partial charge < -0.3 is 4.57 Å². The predicted molar refractivity (Wildman–Crippen MR) is 103 cm³/mol. The van der Waals surface area contributed by atoms with Gasteiger partial charge in [0.25, 0.3) is 0 Å². The fourth-order valence-electron chi connectivity index (χ4n) is 4.25. The van der Waals surface area contributed by atoms with Crippen LogP contribution in [0.15, 0.2) is 66.3 Å². The van der Waals surface area contributed by atoms with Gasteiger partial charge in [0.1, 0.15) is 0 Å². The Kier molecular flexibility index (Phi) is 3.02. The zero-order chi connectivity index (χ0) is 16.1. The number of fused-ring (bicyclic) bond motifs is 5. The first-order valence-corrected chi connectivity index (χ1v) is 8.88. The lowest BCUT2D eigenvalue weighted by Crippen LogP contribution is -2.09. The average molecular weight is 311 g/mol. The lowest BCUT2D eigenvalue weighted by molar-refractivity contribution is 0.838. The van der Waals surface area contributed by atoms with Crippen molar-refractivity contribution in [3.05, 3.63) is 77.6 Å². The molecule has 0 saturated carbocycles. The Balaban J connectivity index is 1.84. The van der Waals surface area contributed by atoms with Gasteiger partial charge >= 0.3 is 0 Å². The van der Waals surface area contributed by atoms with Gasteiger partial charge in [-0.25, -0.2) is 0 Å². The van der Waals surface area contributed by atoms with Gasteiger partial charge in [0.15, 0.2) is 0 Å². The molecular weight excluding hydrogens is 290 g/mol. The maximum absolute atomic E-state index is 2.49. The Bertz CT molecular complexity index is 988. The number of aromatic nitrogens is 1. The van der Waals surface area contributed by atoms with Crippen LogP contribution in [0.5, 0.6) is 0 Å². The molecular formula is C23H21N. The molecule has 0 radical (unpaired) electrons. The van der Waals surface area contributed by atoms with E-state index in [1.165, 1.54) is 39.0 Å². The van der Waals surface area contributed by atoms with Crippen LogP contribution in [0.4, 0.5) is 0 Å². The van der Waals surface area contributed by atoms with E-state index in [0.717, 1.165) is 19.3 Å². The first kappa shape index (κ1) is 13.9. The molecule has 2 aromatic rings. The largest absolute Gasteiger partial charge is 0.313 e. The highest BCUT2D eigenvalue weighted by Crippen LogP contribution is 2.44. The van der Waals surface area contributed by atoms with Gasteiger partial charge in [-0.3, -0.25) is 0 Å². The second-order valence-electron chi connectivity index (χ2n) is 7.04. The summed E-state index contributed by atoms with van der Waals surface area (Å²) < 4.78 is 2.49. The molecule has 0 bridgehead atoms. The van der Waals surface area contributed by atoms with Crippen LogP contribution in [0.3, 0.4) is 0 Å². The van der Waals surface area contributed by atoms with Crippen molar-refractivity contribution < 1.29 is 0 Å². The Hall–Kier alpha value is -2.54. The van der Waals surface area contributed by atoms with Crippen LogP contribution in [-0.4, -0.2) is 4.57 Å². The summed E-state index contributed by atoms with van der Waals surface area (Å²) in [4.78, 5) is 0. The summed E-state index contributed by atoms with van der Waals surface area (Å²) in [7, 11) is 0. The first-order chi connectivity index (χ1) is 11.8. The lowest BCUT2D eigenvalue weighted by atomic mass is 9.82. The molecule has 0 spiro atoms. The Morgan fingerprint density at radius 1 is 1.04 bits per heavy atom. The van der Waals surface area contributed by atoms with Gasteiger partial charge in [-0.15, -0.1) is 0 Å². The van der Waals surface area contributed by atoms with Crippen molar-refractivity contribution in [2.75, 3.05) is 0 Å². The van der Waals surface area contributed by atoms with E-state index in [2.05, 4.69) is 78.3 Å². The Morgan fingerprint density at radius 3 is 2.83 bits per heavy atom. The van der Waals surface area contributed by atoms with Gasteiger partial charge in [-0.05, 0) is 50.0 Å². The van der Waals surface area contributed by atoms with E-state index in [4.69, 9.17) is 0 Å². The van der Waals surface area contributed by atoms with Crippen molar-refractivity contribution in [2.45, 2.75) is 26.2 Å². The van der Waals surface area contributed by atoms with Crippen LogP contribution >= 0.6 is 0 Å². The molecule has 5 rings (SSSR count). The summed E-state index contributed by atoms with van der Waals surface area (Å²) in [5.41, 5.74) is 8.49. The molecule has 24 heavy (non-hydrogen) atoms. The highest BCUT2D eigenvalue weighted by Gasteiger charge is 2.27. The second-order valence-corrected chi connectivity index (χ2v) is 7.04. The molecule has 0 fully saturated rings. The first-order valence-electron chi connectivity index (χ1n) is 8.88. The average Bonchev–Trinajstić information content (AvgIpc) is 2.97. The molecule has 3 aliphatic carbocycles. The molecule has 1 unspecified atom stereocenters. The highest BCUT2D eigenvalue weighted by atomic mass is 15.0. The van der Waals surface area contributed by atoms with Gasteiger partial charge in [-0.1, -0.05) is 54.2 Å². The van der Waals surface area contributed by atoms with E-state index in [0.29, 0.717) is 5.92 Å². The zero-order valence-corrected chi connectivity index (χ0v) is 14.0. The highest BCUT2D eigenvalue weighted by molar-refractivity contribution is 6.02. The summed E-state index contributed by atoms with van der Waals surface area (Å²) in [5, 5.41) is 1.38. The van der Waals surface area contributed by atoms with Crippen molar-refractivity contribution in [1.29, 1.82) is 0 Å². The van der Waals surface area contributed by atoms with E-state index < -0.39 is 0 Å². The maximum Gasteiger partial charge on any atom is 0.0537 e. The number of nitrogens with zero attached hydrogens (tertiary/aromatic N) is 1. The van der Waals surface area contributed by atoms with Gasteiger partial charge in [0.05, 0.1) is 11.2 Å². The minimum Gasteiger partial charge on any atom is -0.313 e. The van der Waals surface area contributed by atoms with Crippen molar-refractivity contribution in [3.8, 4) is 0 Å². The van der Waals surface area contributed by atoms with E-state index in [1.807, 2.05) is 0 Å². The number of rotatable bonds is 1. The summed E-state index contributed by atoms with van der Waals surface area (Å²) in [5.74, 6) is 0.532. The molecule has 118 valence electrons. The standard InChI is InChI=1S/C23H21N/c1-16-10-13-18(14-11-16)24-21-9-5-4-8-20(21)23-19-7-3-2-6-17(19)12-15-22(23)24/h2-5,7-10,12-13,15,17H,6,11,14H2,1H3. The summed E-state index contributed by atoms with van der Waals surface area (Å²) in [6.07, 6.45) is 19.5. The van der Waals surface area contributed by atoms with Crippen molar-refractivity contribution in [3.63, 3.8) is 0 Å². The summed E-state index contributed by atoms with van der Waals surface area (Å²) >= 11 is 0. The smallest absolute Gasteiger partial charge is 0.0537 e. The monoisotopic (exact) mass is 311 g/mol. The Labute approximate surface area is 143 Å². The third-order valence-corrected chi connectivity index (χ3v) is 5.51. The molecule has 3 aliphatic rings. The van der Waals surface area contributed by atoms with Crippen LogP contribution in [0.2, 0.25) is 0 Å². The van der Waals surface area contributed by atoms with Crippen molar-refractivity contribution >= 4 is 28.2 Å². The fourth-order valence-corrected chi connectivity index (χ4v) is 4.25. The van der Waals surface area contributed by atoms with Crippen molar-refractivity contribution in [2.24, 2.45) is 5.92 Å². The molecule has 0 saturated heterocycles. The second kappa shape index (κ2) is 5.24. The minimum absolute atomic E-state index is 0.532. The lowest BCUT2D eigenvalue weighted by Gasteiger charge is -2.24. The van der Waals surface area contributed by atoms with Gasteiger partial charge in [-0.2, -0.15) is 0 Å². The predicted octanol–water partition coefficient (Wildman–Crippen LogP) is 6.21. The normalized spacial score (nSPS) is 21.9. The van der Waals surface area contributed by atoms with E-state index in [-0.39, 0.29) is 0 Å². The summed E-state index contributed by atoms with van der Waals surface area (Å²) in [6.45, 7) is 2.22. The zero-order valence-electron chi connectivity index (χ0n) is 14.0. The van der Waals surface area contributed by atoms with Gasteiger partial charge in [0, 0.05) is 22.6 Å². The molecule has 1 heteroatoms. The van der Waals surface area contributed by atoms with E-state index in [9.17, 15) is 0 Å². The van der Waals surface area contributed by atoms with Crippen LogP contribution in [0.1, 0.15) is 37.4 Å². The summed E-state index contributed by atoms with van der Waals surface area (Å²) in [6, 6.07) is 8.87. The molecule has 0 aliphatic heterocycles. The Morgan fingerprint density at radius 2 is 1.96 bits per heavy atom. The molecule has 1 aromatic carbocycles. The van der Waals surface area contributed by atoms with E-state index >= 15 is 0 Å². The van der Waals surface area contributed by atoms with E-state index in [1.54, 1.807) is 0 Å². The number of hydrogen-bond acceptors (Lipinski definition) is 0. The van der Waals surface area contributed by atoms with Crippen LogP contribution in [-0.2, 0) is 0 Å². The molecule has 1 nitrogen and oxygen atoms in total.